The summed E-state index contributed by atoms with van der Waals surface area (Å²) >= 11 is 5.74. The second-order valence-electron chi connectivity index (χ2n) is 3.57. The number of phenols is 1. The molecule has 1 aromatic heterocycles. The SMILES string of the molecule is Oc1ccc(CCNc2cc(Cl)ncn2)cc1. The molecule has 0 aliphatic heterocycles. The number of halogens is 1. The molecule has 0 bridgehead atoms. The normalized spacial score (nSPS) is 10.2. The quantitative estimate of drug-likeness (QED) is 0.818. The third-order valence-corrected chi connectivity index (χ3v) is 2.50. The topological polar surface area (TPSA) is 58.0 Å². The van der Waals surface area contributed by atoms with Gasteiger partial charge < -0.3 is 10.4 Å². The van der Waals surface area contributed by atoms with Gasteiger partial charge in [0.15, 0.2) is 0 Å². The van der Waals surface area contributed by atoms with Gasteiger partial charge in [0.25, 0.3) is 0 Å². The van der Waals surface area contributed by atoms with Crippen LogP contribution in [0.3, 0.4) is 0 Å². The Bertz CT molecular complexity index is 487. The molecular formula is C12H12ClN3O. The van der Waals surface area contributed by atoms with E-state index < -0.39 is 0 Å². The van der Waals surface area contributed by atoms with Gasteiger partial charge in [0.1, 0.15) is 23.0 Å². The molecule has 2 rings (SSSR count). The highest BCUT2D eigenvalue weighted by Gasteiger charge is 1.97. The highest BCUT2D eigenvalue weighted by molar-refractivity contribution is 6.29. The fraction of sp³-hybridized carbons (Fsp3) is 0.167. The molecule has 0 spiro atoms. The number of aromatic nitrogens is 2. The van der Waals surface area contributed by atoms with Crippen LogP contribution in [0, 0.1) is 0 Å². The zero-order valence-electron chi connectivity index (χ0n) is 9.10. The van der Waals surface area contributed by atoms with E-state index in [0.29, 0.717) is 11.0 Å². The van der Waals surface area contributed by atoms with E-state index in [4.69, 9.17) is 16.7 Å². The summed E-state index contributed by atoms with van der Waals surface area (Å²) in [5.74, 6) is 0.994. The molecule has 0 atom stereocenters. The molecule has 1 aromatic carbocycles. The molecule has 88 valence electrons. The van der Waals surface area contributed by atoms with E-state index in [9.17, 15) is 0 Å². The first-order valence-corrected chi connectivity index (χ1v) is 5.61. The van der Waals surface area contributed by atoms with Crippen LogP contribution in [0.4, 0.5) is 5.82 Å². The third kappa shape index (κ3) is 3.60. The van der Waals surface area contributed by atoms with Crippen LogP contribution in [-0.4, -0.2) is 21.6 Å². The van der Waals surface area contributed by atoms with Crippen LogP contribution >= 0.6 is 11.6 Å². The zero-order chi connectivity index (χ0) is 12.1. The minimum Gasteiger partial charge on any atom is -0.508 e. The molecule has 2 N–H and O–H groups in total. The first-order chi connectivity index (χ1) is 8.24. The van der Waals surface area contributed by atoms with Crippen molar-refractivity contribution in [2.75, 3.05) is 11.9 Å². The summed E-state index contributed by atoms with van der Waals surface area (Å²) in [6, 6.07) is 8.82. The zero-order valence-corrected chi connectivity index (χ0v) is 9.85. The molecule has 0 aliphatic rings. The Hall–Kier alpha value is -1.81. The Morgan fingerprint density at radius 2 is 1.94 bits per heavy atom. The number of phenolic OH excluding ortho intramolecular Hbond substituents is 1. The van der Waals surface area contributed by atoms with Crippen molar-refractivity contribution in [2.45, 2.75) is 6.42 Å². The molecule has 0 amide bonds. The van der Waals surface area contributed by atoms with Gasteiger partial charge in [-0.25, -0.2) is 9.97 Å². The number of anilines is 1. The summed E-state index contributed by atoms with van der Waals surface area (Å²) in [6.07, 6.45) is 2.27. The minimum atomic E-state index is 0.282. The van der Waals surface area contributed by atoms with Crippen molar-refractivity contribution in [3.8, 4) is 5.75 Å². The van der Waals surface area contributed by atoms with Crippen molar-refractivity contribution in [2.24, 2.45) is 0 Å². The number of hydrogen-bond donors (Lipinski definition) is 2. The molecule has 2 aromatic rings. The van der Waals surface area contributed by atoms with Gasteiger partial charge in [-0.1, -0.05) is 23.7 Å². The number of hydrogen-bond acceptors (Lipinski definition) is 4. The first-order valence-electron chi connectivity index (χ1n) is 5.23. The molecule has 0 radical (unpaired) electrons. The highest BCUT2D eigenvalue weighted by Crippen LogP contribution is 2.11. The van der Waals surface area contributed by atoms with Gasteiger partial charge in [0.05, 0.1) is 0 Å². The number of nitrogens with one attached hydrogen (secondary N) is 1. The van der Waals surface area contributed by atoms with Crippen molar-refractivity contribution >= 4 is 17.4 Å². The summed E-state index contributed by atoms with van der Waals surface area (Å²) in [6.45, 7) is 0.748. The van der Waals surface area contributed by atoms with Gasteiger partial charge in [-0.3, -0.25) is 0 Å². The molecule has 1 heterocycles. The first kappa shape index (κ1) is 11.7. The second-order valence-corrected chi connectivity index (χ2v) is 3.96. The van der Waals surface area contributed by atoms with Crippen molar-refractivity contribution < 1.29 is 5.11 Å². The van der Waals surface area contributed by atoms with Crippen molar-refractivity contribution in [1.82, 2.24) is 9.97 Å². The second kappa shape index (κ2) is 5.50. The molecule has 0 aliphatic carbocycles. The largest absolute Gasteiger partial charge is 0.508 e. The van der Waals surface area contributed by atoms with Crippen molar-refractivity contribution in [1.29, 1.82) is 0 Å². The summed E-state index contributed by atoms with van der Waals surface area (Å²) in [7, 11) is 0. The van der Waals surface area contributed by atoms with E-state index in [1.54, 1.807) is 18.2 Å². The molecule has 0 saturated heterocycles. The Labute approximate surface area is 104 Å². The molecule has 0 unspecified atom stereocenters. The fourth-order valence-electron chi connectivity index (χ4n) is 1.43. The molecule has 17 heavy (non-hydrogen) atoms. The average Bonchev–Trinajstić information content (AvgIpc) is 2.32. The van der Waals surface area contributed by atoms with Gasteiger partial charge >= 0.3 is 0 Å². The lowest BCUT2D eigenvalue weighted by molar-refractivity contribution is 0.475. The van der Waals surface area contributed by atoms with Gasteiger partial charge in [-0.15, -0.1) is 0 Å². The van der Waals surface area contributed by atoms with E-state index in [0.717, 1.165) is 18.5 Å². The Kier molecular flexibility index (Phi) is 3.77. The Balaban J connectivity index is 1.85. The molecular weight excluding hydrogens is 238 g/mol. The van der Waals surface area contributed by atoms with E-state index in [-0.39, 0.29) is 5.75 Å². The van der Waals surface area contributed by atoms with Crippen LogP contribution in [0.1, 0.15) is 5.56 Å². The average molecular weight is 250 g/mol. The predicted octanol–water partition coefficient (Wildman–Crippen LogP) is 2.49. The van der Waals surface area contributed by atoms with Crippen molar-refractivity contribution in [3.63, 3.8) is 0 Å². The van der Waals surface area contributed by atoms with Gasteiger partial charge in [0, 0.05) is 12.6 Å². The lowest BCUT2D eigenvalue weighted by atomic mass is 10.1. The van der Waals surface area contributed by atoms with Crippen LogP contribution in [0.15, 0.2) is 36.7 Å². The van der Waals surface area contributed by atoms with Crippen molar-refractivity contribution in [3.05, 3.63) is 47.4 Å². The summed E-state index contributed by atoms with van der Waals surface area (Å²) in [4.78, 5) is 7.84. The summed E-state index contributed by atoms with van der Waals surface area (Å²) in [5.41, 5.74) is 1.15. The molecule has 4 nitrogen and oxygen atoms in total. The summed E-state index contributed by atoms with van der Waals surface area (Å²) in [5, 5.41) is 12.7. The minimum absolute atomic E-state index is 0.282. The van der Waals surface area contributed by atoms with E-state index in [1.165, 1.54) is 6.33 Å². The number of nitrogens with zero attached hydrogens (tertiary/aromatic N) is 2. The lowest BCUT2D eigenvalue weighted by Gasteiger charge is -2.05. The number of aromatic hydroxyl groups is 1. The van der Waals surface area contributed by atoms with Gasteiger partial charge in [-0.05, 0) is 24.1 Å². The highest BCUT2D eigenvalue weighted by atomic mass is 35.5. The van der Waals surface area contributed by atoms with E-state index >= 15 is 0 Å². The van der Waals surface area contributed by atoms with Crippen LogP contribution < -0.4 is 5.32 Å². The number of benzene rings is 1. The number of rotatable bonds is 4. The van der Waals surface area contributed by atoms with Crippen LogP contribution in [0.25, 0.3) is 0 Å². The van der Waals surface area contributed by atoms with Crippen LogP contribution in [0.5, 0.6) is 5.75 Å². The van der Waals surface area contributed by atoms with E-state index in [2.05, 4.69) is 15.3 Å². The standard InChI is InChI=1S/C12H12ClN3O/c13-11-7-12(16-8-15-11)14-6-5-9-1-3-10(17)4-2-9/h1-4,7-8,17H,5-6H2,(H,14,15,16). The third-order valence-electron chi connectivity index (χ3n) is 2.29. The Morgan fingerprint density at radius 1 is 1.18 bits per heavy atom. The molecule has 0 saturated carbocycles. The monoisotopic (exact) mass is 249 g/mol. The summed E-state index contributed by atoms with van der Waals surface area (Å²) < 4.78 is 0. The van der Waals surface area contributed by atoms with Crippen LogP contribution in [-0.2, 0) is 6.42 Å². The van der Waals surface area contributed by atoms with Gasteiger partial charge in [0.2, 0.25) is 0 Å². The molecule has 5 heteroatoms. The maximum atomic E-state index is 9.14. The lowest BCUT2D eigenvalue weighted by Crippen LogP contribution is -2.06. The maximum absolute atomic E-state index is 9.14. The Morgan fingerprint density at radius 3 is 2.65 bits per heavy atom. The maximum Gasteiger partial charge on any atom is 0.134 e. The molecule has 0 fully saturated rings. The fourth-order valence-corrected chi connectivity index (χ4v) is 1.57. The van der Waals surface area contributed by atoms with E-state index in [1.807, 2.05) is 12.1 Å². The smallest absolute Gasteiger partial charge is 0.134 e. The predicted molar refractivity (Wildman–Crippen MR) is 67.3 cm³/mol. The van der Waals surface area contributed by atoms with Crippen LogP contribution in [0.2, 0.25) is 5.15 Å². The van der Waals surface area contributed by atoms with Gasteiger partial charge in [-0.2, -0.15) is 0 Å².